The standard InChI is InChI=1S/C7H12O6P.U/c1-12-6-4-13-5(7(6)8)2-3-14(9,10)11;/h2-8H,1H3,(H2,9,10,11);/q-1;/b3-2-;/t5-,6-,7?;/m1./s1. The average molecular weight is 461 g/mol. The van der Waals surface area contributed by atoms with E-state index in [1.54, 1.807) is 0 Å². The van der Waals surface area contributed by atoms with E-state index < -0.39 is 25.9 Å². The molecule has 0 radical (unpaired) electrons. The van der Waals surface area contributed by atoms with Crippen LogP contribution in [0.2, 0.25) is 0 Å². The van der Waals surface area contributed by atoms with E-state index in [1.165, 1.54) is 13.7 Å². The Labute approximate surface area is 111 Å². The first kappa shape index (κ1) is 15.8. The van der Waals surface area contributed by atoms with Crippen LogP contribution in [0.25, 0.3) is 0 Å². The molecule has 0 aromatic heterocycles. The number of hydrogen-bond acceptors (Lipinski definition) is 5. The van der Waals surface area contributed by atoms with Gasteiger partial charge < -0.3 is 24.4 Å². The van der Waals surface area contributed by atoms with Crippen LogP contribution in [0.5, 0.6) is 0 Å². The smallest absolute Gasteiger partial charge is 0.301 e. The summed E-state index contributed by atoms with van der Waals surface area (Å²) in [7, 11) is -2.79. The molecule has 1 saturated heterocycles. The van der Waals surface area contributed by atoms with Crippen LogP contribution in [0.4, 0.5) is 0 Å². The van der Waals surface area contributed by atoms with Gasteiger partial charge in [-0.3, -0.25) is 0 Å². The van der Waals surface area contributed by atoms with Gasteiger partial charge in [0.1, 0.15) is 0 Å². The van der Waals surface area contributed by atoms with Gasteiger partial charge in [0.15, 0.2) is 0 Å². The monoisotopic (exact) mass is 461 g/mol. The Bertz CT molecular complexity index is 264. The fraction of sp³-hybridized carbons (Fsp3) is 0.571. The normalized spacial score (nSPS) is 35.1. The summed E-state index contributed by atoms with van der Waals surface area (Å²) in [6, 6.07) is 0. The molecule has 6 nitrogen and oxygen atoms in total. The van der Waals surface area contributed by atoms with E-state index >= 15 is 0 Å². The zero-order valence-electron chi connectivity index (χ0n) is 7.99. The van der Waals surface area contributed by atoms with Crippen molar-refractivity contribution in [3.8, 4) is 0 Å². The Hall–Kier alpha value is 0.822. The summed E-state index contributed by atoms with van der Waals surface area (Å²) >= 11 is 0. The Morgan fingerprint density at radius 3 is 2.73 bits per heavy atom. The van der Waals surface area contributed by atoms with Gasteiger partial charge in [-0.05, 0) is 12.2 Å². The number of rotatable bonds is 3. The van der Waals surface area contributed by atoms with Crippen LogP contribution in [0.15, 0.2) is 11.9 Å². The molecule has 1 aliphatic heterocycles. The second-order valence-electron chi connectivity index (χ2n) is 2.87. The summed E-state index contributed by atoms with van der Waals surface area (Å²) in [6.45, 7) is 1.29. The summed E-state index contributed by atoms with van der Waals surface area (Å²) in [6.07, 6.45) is -1.15. The van der Waals surface area contributed by atoms with E-state index in [1.807, 2.05) is 0 Å². The Kier molecular flexibility index (Phi) is 6.89. The topological polar surface area (TPSA) is 102 Å². The molecular weight excluding hydrogens is 449 g/mol. The maximum Gasteiger partial charge on any atom is 0.301 e. The number of aliphatic hydroxyl groups excluding tert-OH is 1. The molecule has 0 bridgehead atoms. The van der Waals surface area contributed by atoms with Crippen molar-refractivity contribution in [2.75, 3.05) is 7.11 Å². The minimum atomic E-state index is -4.20. The van der Waals surface area contributed by atoms with Crippen LogP contribution in [0, 0.1) is 37.7 Å². The third-order valence-corrected chi connectivity index (χ3v) is 2.35. The predicted octanol–water partition coefficient (Wildman–Crippen LogP) is -1.29. The van der Waals surface area contributed by atoms with Crippen LogP contribution >= 0.6 is 7.60 Å². The summed E-state index contributed by atoms with van der Waals surface area (Å²) < 4.78 is 20.2. The number of hydrogen-bond donors (Lipinski definition) is 1. The van der Waals surface area contributed by atoms with Gasteiger partial charge in [0.05, 0.1) is 12.2 Å². The molecule has 0 spiro atoms. The van der Waals surface area contributed by atoms with Crippen LogP contribution in [-0.2, 0) is 14.0 Å². The molecule has 0 aromatic carbocycles. The van der Waals surface area contributed by atoms with Gasteiger partial charge in [0.25, 0.3) is 0 Å². The van der Waals surface area contributed by atoms with Crippen LogP contribution < -0.4 is 4.89 Å². The van der Waals surface area contributed by atoms with Gasteiger partial charge in [0.2, 0.25) is 0 Å². The quantitative estimate of drug-likeness (QED) is 0.321. The molecule has 1 heterocycles. The van der Waals surface area contributed by atoms with Gasteiger partial charge in [0, 0.05) is 44.0 Å². The SMILES string of the molecule is CO[C@@H]1[CH-]O[C@H](/C=C\P(=O)([O-])[OH2+])C1O.[U]. The van der Waals surface area contributed by atoms with Gasteiger partial charge >= 0.3 is 7.60 Å². The molecule has 0 aromatic rings. The van der Waals surface area contributed by atoms with Crippen molar-refractivity contribution < 1.29 is 60.0 Å². The number of aliphatic hydroxyl groups is 1. The minimum absolute atomic E-state index is 0. The van der Waals surface area contributed by atoms with Crippen molar-refractivity contribution in [2.24, 2.45) is 0 Å². The Morgan fingerprint density at radius 2 is 2.33 bits per heavy atom. The molecule has 0 saturated carbocycles. The van der Waals surface area contributed by atoms with Gasteiger partial charge in [-0.15, -0.1) is 0 Å². The molecule has 1 fully saturated rings. The van der Waals surface area contributed by atoms with E-state index in [0.29, 0.717) is 5.82 Å². The molecule has 86 valence electrons. The molecule has 0 amide bonds. The zero-order chi connectivity index (χ0) is 10.8. The maximum absolute atomic E-state index is 10.5. The summed E-state index contributed by atoms with van der Waals surface area (Å²) in [5.74, 6) is 0.701. The van der Waals surface area contributed by atoms with Crippen molar-refractivity contribution >= 4 is 7.60 Å². The summed E-state index contributed by atoms with van der Waals surface area (Å²) in [5, 5.41) is 9.46. The van der Waals surface area contributed by atoms with E-state index in [9.17, 15) is 14.6 Å². The van der Waals surface area contributed by atoms with Crippen molar-refractivity contribution in [3.63, 3.8) is 0 Å². The zero-order valence-corrected chi connectivity index (χ0v) is 13.0. The third-order valence-electron chi connectivity index (χ3n) is 1.79. The molecule has 1 aliphatic rings. The van der Waals surface area contributed by atoms with Crippen molar-refractivity contribution in [1.29, 1.82) is 0 Å². The first-order chi connectivity index (χ1) is 6.44. The molecule has 8 heteroatoms. The van der Waals surface area contributed by atoms with E-state index in [-0.39, 0.29) is 31.1 Å². The first-order valence-electron chi connectivity index (χ1n) is 3.89. The Balaban J connectivity index is 0.00000196. The molecule has 0 aliphatic carbocycles. The average Bonchev–Trinajstić information content (AvgIpc) is 2.42. The van der Waals surface area contributed by atoms with Gasteiger partial charge in [-0.1, -0.05) is 0 Å². The van der Waals surface area contributed by atoms with Crippen LogP contribution in [0.1, 0.15) is 0 Å². The van der Waals surface area contributed by atoms with Crippen molar-refractivity contribution in [1.82, 2.24) is 0 Å². The number of methoxy groups -OCH3 is 1. The summed E-state index contributed by atoms with van der Waals surface area (Å²) in [5.41, 5.74) is 0. The second-order valence-corrected chi connectivity index (χ2v) is 4.36. The predicted molar refractivity (Wildman–Crippen MR) is 46.3 cm³/mol. The molecule has 2 unspecified atom stereocenters. The second kappa shape index (κ2) is 6.53. The van der Waals surface area contributed by atoms with Crippen LogP contribution in [0.3, 0.4) is 0 Å². The van der Waals surface area contributed by atoms with Crippen LogP contribution in [-0.4, -0.2) is 35.4 Å². The van der Waals surface area contributed by atoms with E-state index in [4.69, 9.17) is 14.4 Å². The minimum Gasteiger partial charge on any atom is -0.733 e. The van der Waals surface area contributed by atoms with Gasteiger partial charge in [-0.2, -0.15) is 6.61 Å². The van der Waals surface area contributed by atoms with Gasteiger partial charge in [-0.25, -0.2) is 4.57 Å². The van der Waals surface area contributed by atoms with E-state index in [0.717, 1.165) is 6.08 Å². The molecule has 1 rings (SSSR count). The largest absolute Gasteiger partial charge is 0.733 e. The fourth-order valence-corrected chi connectivity index (χ4v) is 1.46. The maximum atomic E-state index is 10.5. The molecular formula is C7H12O6PU-. The number of ether oxygens (including phenoxy) is 2. The molecule has 3 N–H and O–H groups in total. The van der Waals surface area contributed by atoms with Crippen molar-refractivity contribution in [3.05, 3.63) is 18.5 Å². The first-order valence-corrected chi connectivity index (χ1v) is 5.58. The molecule has 15 heavy (non-hydrogen) atoms. The third kappa shape index (κ3) is 5.12. The van der Waals surface area contributed by atoms with Crippen molar-refractivity contribution in [2.45, 2.75) is 18.3 Å². The van der Waals surface area contributed by atoms with E-state index in [2.05, 4.69) is 0 Å². The fourth-order valence-electron chi connectivity index (χ4n) is 1.07. The summed E-state index contributed by atoms with van der Waals surface area (Å²) in [4.78, 5) is 17.1. The molecule has 4 atom stereocenters. The Morgan fingerprint density at radius 1 is 1.73 bits per heavy atom.